The van der Waals surface area contributed by atoms with E-state index in [-0.39, 0.29) is 12.5 Å². The minimum absolute atomic E-state index is 0.0889. The molecule has 7 heteroatoms. The summed E-state index contributed by atoms with van der Waals surface area (Å²) in [5, 5.41) is 10.3. The van der Waals surface area contributed by atoms with Crippen molar-refractivity contribution >= 4 is 11.6 Å². The number of nitrogens with one attached hydrogen (secondary N) is 2. The molecule has 0 aliphatic carbocycles. The van der Waals surface area contributed by atoms with Crippen LogP contribution in [0.25, 0.3) is 0 Å². The molecule has 2 aromatic heterocycles. The van der Waals surface area contributed by atoms with E-state index >= 15 is 0 Å². The molecule has 0 fully saturated rings. The van der Waals surface area contributed by atoms with Crippen molar-refractivity contribution in [2.75, 3.05) is 12.3 Å². The van der Waals surface area contributed by atoms with Gasteiger partial charge in [0.1, 0.15) is 6.54 Å². The highest BCUT2D eigenvalue weighted by Crippen LogP contribution is 2.20. The molecule has 0 radical (unpaired) electrons. The number of carbonyl (C=O) groups excluding carboxylic acids is 1. The average molecular weight is 300 g/mol. The molecule has 3 heterocycles. The van der Waals surface area contributed by atoms with Crippen molar-refractivity contribution < 1.29 is 4.79 Å². The van der Waals surface area contributed by atoms with E-state index in [1.807, 2.05) is 13.1 Å². The van der Waals surface area contributed by atoms with E-state index in [9.17, 15) is 4.79 Å². The van der Waals surface area contributed by atoms with Gasteiger partial charge in [0.15, 0.2) is 0 Å². The van der Waals surface area contributed by atoms with E-state index in [1.165, 1.54) is 22.0 Å². The summed E-state index contributed by atoms with van der Waals surface area (Å²) in [6.45, 7) is 4.45. The predicted molar refractivity (Wildman–Crippen MR) is 82.9 cm³/mol. The maximum atomic E-state index is 12.0. The Hall–Kier alpha value is -2.41. The lowest BCUT2D eigenvalue weighted by atomic mass is 9.96. The zero-order valence-electron chi connectivity index (χ0n) is 12.6. The van der Waals surface area contributed by atoms with Crippen LogP contribution in [0.5, 0.6) is 0 Å². The van der Waals surface area contributed by atoms with E-state index in [1.54, 1.807) is 6.20 Å². The predicted octanol–water partition coefficient (Wildman–Crippen LogP) is 0.131. The smallest absolute Gasteiger partial charge is 0.242 e. The fraction of sp³-hybridized carbons (Fsp3) is 0.400. The van der Waals surface area contributed by atoms with Gasteiger partial charge in [0, 0.05) is 31.2 Å². The molecular weight excluding hydrogens is 280 g/mol. The maximum absolute atomic E-state index is 12.0. The molecule has 2 aromatic rings. The second kappa shape index (κ2) is 6.15. The Bertz CT molecular complexity index is 693. The zero-order chi connectivity index (χ0) is 15.5. The fourth-order valence-corrected chi connectivity index (χ4v) is 2.73. The molecular formula is C15H20N6O. The van der Waals surface area contributed by atoms with Crippen LogP contribution in [0, 0.1) is 6.92 Å². The second-order valence-electron chi connectivity index (χ2n) is 5.50. The first-order chi connectivity index (χ1) is 10.6. The van der Waals surface area contributed by atoms with Gasteiger partial charge in [0.05, 0.1) is 11.9 Å². The van der Waals surface area contributed by atoms with Crippen LogP contribution >= 0.6 is 0 Å². The number of nitrogens with zero attached hydrogens (tertiary/aromatic N) is 3. The molecule has 116 valence electrons. The third-order valence-electron chi connectivity index (χ3n) is 3.89. The molecule has 0 spiro atoms. The number of pyridine rings is 1. The van der Waals surface area contributed by atoms with Crippen molar-refractivity contribution in [2.24, 2.45) is 0 Å². The Morgan fingerprint density at radius 1 is 1.50 bits per heavy atom. The van der Waals surface area contributed by atoms with Crippen LogP contribution in [-0.2, 0) is 30.8 Å². The molecule has 0 bridgehead atoms. The van der Waals surface area contributed by atoms with Crippen LogP contribution in [0.1, 0.15) is 22.4 Å². The summed E-state index contributed by atoms with van der Waals surface area (Å²) in [6, 6.07) is 0. The van der Waals surface area contributed by atoms with Gasteiger partial charge in [-0.1, -0.05) is 0 Å². The van der Waals surface area contributed by atoms with E-state index in [0.29, 0.717) is 12.2 Å². The summed E-state index contributed by atoms with van der Waals surface area (Å²) in [5.74, 6) is -0.0889. The molecule has 4 N–H and O–H groups in total. The first kappa shape index (κ1) is 14.5. The summed E-state index contributed by atoms with van der Waals surface area (Å²) in [6.07, 6.45) is 6.07. The number of amides is 1. The zero-order valence-corrected chi connectivity index (χ0v) is 12.6. The average Bonchev–Trinajstić information content (AvgIpc) is 2.91. The molecule has 7 nitrogen and oxygen atoms in total. The number of anilines is 1. The van der Waals surface area contributed by atoms with Gasteiger partial charge in [-0.3, -0.25) is 14.5 Å². The minimum atomic E-state index is -0.0889. The standard InChI is InChI=1S/C15H20N6O/c1-10-14(13-2-3-17-4-11(13)5-18-10)7-19-15(22)9-21-8-12(16)6-20-21/h5-6,8,17H,2-4,7,9,16H2,1H3,(H,19,22). The van der Waals surface area contributed by atoms with Gasteiger partial charge < -0.3 is 16.4 Å². The highest BCUT2D eigenvalue weighted by atomic mass is 16.2. The van der Waals surface area contributed by atoms with Crippen molar-refractivity contribution in [2.45, 2.75) is 33.0 Å². The normalized spacial score (nSPS) is 13.7. The molecule has 1 aliphatic heterocycles. The Balaban J connectivity index is 1.67. The Morgan fingerprint density at radius 2 is 2.36 bits per heavy atom. The van der Waals surface area contributed by atoms with Crippen molar-refractivity contribution in [3.63, 3.8) is 0 Å². The molecule has 0 unspecified atom stereocenters. The number of aryl methyl sites for hydroxylation is 1. The van der Waals surface area contributed by atoms with Gasteiger partial charge in [-0.15, -0.1) is 0 Å². The third kappa shape index (κ3) is 3.09. The first-order valence-corrected chi connectivity index (χ1v) is 7.35. The number of nitrogen functional groups attached to an aromatic ring is 1. The quantitative estimate of drug-likeness (QED) is 0.745. The number of rotatable bonds is 4. The highest BCUT2D eigenvalue weighted by Gasteiger charge is 2.16. The Morgan fingerprint density at radius 3 is 3.14 bits per heavy atom. The molecule has 0 aromatic carbocycles. The van der Waals surface area contributed by atoms with Gasteiger partial charge >= 0.3 is 0 Å². The van der Waals surface area contributed by atoms with E-state index < -0.39 is 0 Å². The number of hydrogen-bond donors (Lipinski definition) is 3. The summed E-state index contributed by atoms with van der Waals surface area (Å²) < 4.78 is 1.53. The van der Waals surface area contributed by atoms with Gasteiger partial charge in [-0.25, -0.2) is 0 Å². The molecule has 0 saturated carbocycles. The molecule has 0 saturated heterocycles. The van der Waals surface area contributed by atoms with Crippen molar-refractivity contribution in [1.29, 1.82) is 0 Å². The van der Waals surface area contributed by atoms with Gasteiger partial charge in [0.2, 0.25) is 5.91 Å². The van der Waals surface area contributed by atoms with Crippen molar-refractivity contribution in [3.8, 4) is 0 Å². The number of hydrogen-bond acceptors (Lipinski definition) is 5. The fourth-order valence-electron chi connectivity index (χ4n) is 2.73. The van der Waals surface area contributed by atoms with Crippen LogP contribution < -0.4 is 16.4 Å². The third-order valence-corrected chi connectivity index (χ3v) is 3.89. The second-order valence-corrected chi connectivity index (χ2v) is 5.50. The summed E-state index contributed by atoms with van der Waals surface area (Å²) >= 11 is 0. The molecule has 22 heavy (non-hydrogen) atoms. The van der Waals surface area contributed by atoms with Crippen LogP contribution in [-0.4, -0.2) is 27.2 Å². The van der Waals surface area contributed by atoms with Crippen molar-refractivity contribution in [3.05, 3.63) is 41.0 Å². The highest BCUT2D eigenvalue weighted by molar-refractivity contribution is 5.75. The summed E-state index contributed by atoms with van der Waals surface area (Å²) in [4.78, 5) is 16.5. The molecule has 0 atom stereocenters. The number of aromatic nitrogens is 3. The first-order valence-electron chi connectivity index (χ1n) is 7.35. The largest absolute Gasteiger partial charge is 0.396 e. The molecule has 1 aliphatic rings. The van der Waals surface area contributed by atoms with Crippen LogP contribution in [0.4, 0.5) is 5.69 Å². The van der Waals surface area contributed by atoms with E-state index in [0.717, 1.165) is 30.8 Å². The summed E-state index contributed by atoms with van der Waals surface area (Å²) in [5.41, 5.74) is 10.8. The summed E-state index contributed by atoms with van der Waals surface area (Å²) in [7, 11) is 0. The lowest BCUT2D eigenvalue weighted by Gasteiger charge is -2.21. The number of fused-ring (bicyclic) bond motifs is 1. The molecule has 3 rings (SSSR count). The van der Waals surface area contributed by atoms with Crippen LogP contribution in [0.3, 0.4) is 0 Å². The van der Waals surface area contributed by atoms with Crippen LogP contribution in [0.15, 0.2) is 18.6 Å². The lowest BCUT2D eigenvalue weighted by Crippen LogP contribution is -2.30. The lowest BCUT2D eigenvalue weighted by molar-refractivity contribution is -0.122. The number of carbonyl (C=O) groups is 1. The topological polar surface area (TPSA) is 97.9 Å². The van der Waals surface area contributed by atoms with E-state index in [2.05, 4.69) is 20.7 Å². The Kier molecular flexibility index (Phi) is 4.06. The van der Waals surface area contributed by atoms with E-state index in [4.69, 9.17) is 5.73 Å². The van der Waals surface area contributed by atoms with Gasteiger partial charge in [0.25, 0.3) is 0 Å². The SMILES string of the molecule is Cc1ncc2c(c1CNC(=O)Cn1cc(N)cn1)CCNC2. The van der Waals surface area contributed by atoms with Crippen LogP contribution in [0.2, 0.25) is 0 Å². The Labute approximate surface area is 128 Å². The monoisotopic (exact) mass is 300 g/mol. The maximum Gasteiger partial charge on any atom is 0.242 e. The van der Waals surface area contributed by atoms with Gasteiger partial charge in [-0.05, 0) is 36.6 Å². The van der Waals surface area contributed by atoms with Gasteiger partial charge in [-0.2, -0.15) is 5.10 Å². The van der Waals surface area contributed by atoms with Crippen molar-refractivity contribution in [1.82, 2.24) is 25.4 Å². The molecule has 1 amide bonds. The minimum Gasteiger partial charge on any atom is -0.396 e. The number of nitrogens with two attached hydrogens (primary N) is 1.